The normalized spacial score (nSPS) is 45.8. The summed E-state index contributed by atoms with van der Waals surface area (Å²) in [5.74, 6) is 3.86. The number of urea groups is 1. The van der Waals surface area contributed by atoms with Gasteiger partial charge in [-0.05, 0) is 110 Å². The van der Waals surface area contributed by atoms with E-state index in [1.165, 1.54) is 45.6 Å². The van der Waals surface area contributed by atoms with Gasteiger partial charge in [0, 0.05) is 24.8 Å². The summed E-state index contributed by atoms with van der Waals surface area (Å²) in [5.41, 5.74) is 1.66. The number of benzene rings is 1. The number of esters is 1. The highest BCUT2D eigenvalue weighted by atomic mass is 16.7. The van der Waals surface area contributed by atoms with E-state index < -0.39 is 12.0 Å². The summed E-state index contributed by atoms with van der Waals surface area (Å²) >= 11 is 0. The van der Waals surface area contributed by atoms with E-state index in [4.69, 9.17) is 14.2 Å². The number of hydrogen-bond acceptors (Lipinski definition) is 5. The summed E-state index contributed by atoms with van der Waals surface area (Å²) < 4.78 is 18.5. The number of carbonyl (C=O) groups is 2. The van der Waals surface area contributed by atoms with E-state index in [-0.39, 0.29) is 17.9 Å². The molecule has 4 saturated carbocycles. The van der Waals surface area contributed by atoms with E-state index in [0.717, 1.165) is 55.6 Å². The van der Waals surface area contributed by atoms with E-state index in [1.807, 2.05) is 30.3 Å². The lowest BCUT2D eigenvalue weighted by atomic mass is 9.44. The number of carbonyl (C=O) groups excluding carboxylic acids is 2. The number of amides is 2. The molecular weight excluding hydrogens is 564 g/mol. The first-order valence-corrected chi connectivity index (χ1v) is 18.1. The quantitative estimate of drug-likeness (QED) is 0.351. The summed E-state index contributed by atoms with van der Waals surface area (Å²) in [6.45, 7) is 10.8. The molecule has 7 heteroatoms. The summed E-state index contributed by atoms with van der Waals surface area (Å²) in [5, 5.41) is 6.18. The third-order valence-corrected chi connectivity index (χ3v) is 14.3. The minimum absolute atomic E-state index is 0.137. The Kier molecular flexibility index (Phi) is 8.28. The predicted molar refractivity (Wildman–Crippen MR) is 173 cm³/mol. The molecule has 0 aromatic heterocycles. The van der Waals surface area contributed by atoms with Crippen molar-refractivity contribution in [2.75, 3.05) is 13.7 Å². The summed E-state index contributed by atoms with van der Waals surface area (Å²) in [6, 6.07) is 8.93. The van der Waals surface area contributed by atoms with Crippen LogP contribution in [0, 0.1) is 52.3 Å². The van der Waals surface area contributed by atoms with Crippen molar-refractivity contribution in [2.24, 2.45) is 52.3 Å². The molecule has 0 bridgehead atoms. The topological polar surface area (TPSA) is 85.9 Å². The molecule has 2 N–H and O–H groups in total. The van der Waals surface area contributed by atoms with Crippen molar-refractivity contribution in [3.05, 3.63) is 35.9 Å². The highest BCUT2D eigenvalue weighted by Gasteiger charge is 2.69. The zero-order valence-corrected chi connectivity index (χ0v) is 28.2. The van der Waals surface area contributed by atoms with Gasteiger partial charge in [0.05, 0.1) is 19.8 Å². The molecule has 2 aliphatic heterocycles. The van der Waals surface area contributed by atoms with Crippen molar-refractivity contribution in [3.8, 4) is 0 Å². The van der Waals surface area contributed by atoms with Gasteiger partial charge in [0.1, 0.15) is 6.04 Å². The Morgan fingerprint density at radius 2 is 1.73 bits per heavy atom. The van der Waals surface area contributed by atoms with Crippen molar-refractivity contribution in [2.45, 2.75) is 122 Å². The van der Waals surface area contributed by atoms with E-state index in [2.05, 4.69) is 38.3 Å². The molecule has 1 unspecified atom stereocenters. The second-order valence-electron chi connectivity index (χ2n) is 16.5. The van der Waals surface area contributed by atoms with Crippen LogP contribution >= 0.6 is 0 Å². The first-order valence-electron chi connectivity index (χ1n) is 18.1. The van der Waals surface area contributed by atoms with Crippen LogP contribution in [-0.4, -0.2) is 49.7 Å². The van der Waals surface area contributed by atoms with Crippen LogP contribution in [0.5, 0.6) is 0 Å². The average Bonchev–Trinajstić information content (AvgIpc) is 3.48. The van der Waals surface area contributed by atoms with Gasteiger partial charge in [-0.1, -0.05) is 58.0 Å². The molecule has 1 spiro atoms. The van der Waals surface area contributed by atoms with Crippen molar-refractivity contribution in [3.63, 3.8) is 0 Å². The molecule has 7 rings (SSSR count). The fourth-order valence-electron chi connectivity index (χ4n) is 12.0. The highest BCUT2D eigenvalue weighted by molar-refractivity contribution is 5.83. The van der Waals surface area contributed by atoms with E-state index in [0.29, 0.717) is 47.0 Å². The van der Waals surface area contributed by atoms with Crippen molar-refractivity contribution in [1.82, 2.24) is 10.6 Å². The van der Waals surface area contributed by atoms with Crippen LogP contribution in [0.4, 0.5) is 4.79 Å². The van der Waals surface area contributed by atoms with Gasteiger partial charge in [0.2, 0.25) is 0 Å². The van der Waals surface area contributed by atoms with Crippen molar-refractivity contribution < 1.29 is 23.8 Å². The van der Waals surface area contributed by atoms with Gasteiger partial charge in [0.15, 0.2) is 5.79 Å². The van der Waals surface area contributed by atoms with Gasteiger partial charge >= 0.3 is 12.0 Å². The van der Waals surface area contributed by atoms with Crippen LogP contribution in [-0.2, 0) is 25.4 Å². The van der Waals surface area contributed by atoms with Crippen LogP contribution < -0.4 is 10.6 Å². The fraction of sp³-hybridized carbons (Fsp3) is 0.789. The summed E-state index contributed by atoms with van der Waals surface area (Å²) in [4.78, 5) is 25.7. The molecule has 6 aliphatic rings. The van der Waals surface area contributed by atoms with Gasteiger partial charge < -0.3 is 24.8 Å². The maximum atomic E-state index is 13.2. The molecular formula is C38H56N2O5. The number of fused-ring (bicyclic) bond motifs is 7. The molecule has 7 nitrogen and oxygen atoms in total. The third kappa shape index (κ3) is 5.32. The van der Waals surface area contributed by atoms with Crippen molar-refractivity contribution in [1.29, 1.82) is 0 Å². The van der Waals surface area contributed by atoms with Gasteiger partial charge in [-0.2, -0.15) is 0 Å². The first-order chi connectivity index (χ1) is 21.6. The Bertz CT molecular complexity index is 1250. The third-order valence-electron chi connectivity index (χ3n) is 14.3. The molecule has 6 fully saturated rings. The number of methoxy groups -OCH3 is 1. The lowest BCUT2D eigenvalue weighted by molar-refractivity contribution is -0.273. The Balaban J connectivity index is 0.980. The predicted octanol–water partition coefficient (Wildman–Crippen LogP) is 6.89. The minimum Gasteiger partial charge on any atom is -0.467 e. The maximum Gasteiger partial charge on any atom is 0.328 e. The Hall–Kier alpha value is -2.12. The number of nitrogens with one attached hydrogen (secondary N) is 2. The molecule has 0 radical (unpaired) electrons. The monoisotopic (exact) mass is 620 g/mol. The van der Waals surface area contributed by atoms with Gasteiger partial charge in [-0.3, -0.25) is 0 Å². The van der Waals surface area contributed by atoms with Crippen LogP contribution in [0.2, 0.25) is 0 Å². The highest BCUT2D eigenvalue weighted by Crippen LogP contribution is 2.71. The number of ether oxygens (including phenoxy) is 3. The smallest absolute Gasteiger partial charge is 0.328 e. The van der Waals surface area contributed by atoms with E-state index >= 15 is 0 Å². The van der Waals surface area contributed by atoms with E-state index in [1.54, 1.807) is 0 Å². The fourth-order valence-corrected chi connectivity index (χ4v) is 12.0. The maximum absolute atomic E-state index is 13.2. The van der Waals surface area contributed by atoms with Crippen LogP contribution in [0.25, 0.3) is 0 Å². The summed E-state index contributed by atoms with van der Waals surface area (Å²) in [7, 11) is 1.37. The number of rotatable bonds is 5. The molecule has 13 atom stereocenters. The molecule has 2 amide bonds. The van der Waals surface area contributed by atoms with Crippen LogP contribution in [0.15, 0.2) is 30.3 Å². The SMILES string of the molecule is COC(=O)C(Cc1ccccc1)NC(=O)N[C@@H]1CC[C@@]2(C)[C@H](CC[C@@H]3[C@@H]2CC[C@]2(C)[C@@H]4[C@H](C[C@@H]32)O[C@]2(CC[C@H](C)CO2)[C@H]4C)C1. The minimum atomic E-state index is -0.709. The average molecular weight is 621 g/mol. The second-order valence-corrected chi connectivity index (χ2v) is 16.5. The van der Waals surface area contributed by atoms with Gasteiger partial charge in [0.25, 0.3) is 0 Å². The lowest BCUT2D eigenvalue weighted by Crippen LogP contribution is -2.57. The second kappa shape index (κ2) is 11.8. The van der Waals surface area contributed by atoms with Crippen LogP contribution in [0.1, 0.15) is 97.5 Å². The standard InChI is InChI=1S/C38H56N2O5/c1-23-13-18-38(44-22-23)24(2)33-32(45-38)21-30-28-12-11-26-20-27(14-16-36(26,3)29(28)15-17-37(30,33)4)39-35(42)40-31(34(41)43-5)19-25-9-7-6-8-10-25/h6-10,23-24,26-33H,11-22H2,1-5H3,(H2,39,40,42)/t23-,24-,26+,27+,28+,29-,30-,31?,32-,33-,36-,37-,38+/m0/s1. The zero-order valence-electron chi connectivity index (χ0n) is 28.2. The lowest BCUT2D eigenvalue weighted by Gasteiger charge is -2.61. The Morgan fingerprint density at radius 1 is 0.956 bits per heavy atom. The molecule has 1 aromatic rings. The molecule has 45 heavy (non-hydrogen) atoms. The van der Waals surface area contributed by atoms with E-state index in [9.17, 15) is 9.59 Å². The van der Waals surface area contributed by atoms with Crippen LogP contribution in [0.3, 0.4) is 0 Å². The molecule has 248 valence electrons. The zero-order chi connectivity index (χ0) is 31.6. The summed E-state index contributed by atoms with van der Waals surface area (Å²) in [6.07, 6.45) is 12.6. The van der Waals surface area contributed by atoms with Gasteiger partial charge in [-0.25, -0.2) is 9.59 Å². The van der Waals surface area contributed by atoms with Gasteiger partial charge in [-0.15, -0.1) is 0 Å². The number of hydrogen-bond donors (Lipinski definition) is 2. The Labute approximate surface area is 270 Å². The molecule has 2 heterocycles. The first kappa shape index (κ1) is 31.5. The largest absolute Gasteiger partial charge is 0.467 e. The van der Waals surface area contributed by atoms with Crippen molar-refractivity contribution >= 4 is 12.0 Å². The molecule has 1 aromatic carbocycles. The molecule has 2 saturated heterocycles. The Morgan fingerprint density at radius 3 is 2.47 bits per heavy atom. The molecule has 4 aliphatic carbocycles.